The van der Waals surface area contributed by atoms with E-state index in [2.05, 4.69) is 29.0 Å². The Morgan fingerprint density at radius 1 is 1.32 bits per heavy atom. The Balaban J connectivity index is 2.34. The van der Waals surface area contributed by atoms with Crippen molar-refractivity contribution in [2.24, 2.45) is 0 Å². The summed E-state index contributed by atoms with van der Waals surface area (Å²) in [6.45, 7) is -0.237. The number of hydrogen-bond donors (Lipinski definition) is 6. The van der Waals surface area contributed by atoms with Gasteiger partial charge in [0, 0.05) is 0 Å². The van der Waals surface area contributed by atoms with Gasteiger partial charge in [-0.25, -0.2) is 27.9 Å². The number of aliphatic hydroxyl groups excluding tert-OH is 1. The van der Waals surface area contributed by atoms with E-state index in [0.29, 0.717) is 4.57 Å². The third-order valence-corrected chi connectivity index (χ3v) is 8.34. The molecule has 3 unspecified atom stereocenters. The Kier molecular flexibility index (Phi) is 8.83. The van der Waals surface area contributed by atoms with Gasteiger partial charge < -0.3 is 35.2 Å². The minimum absolute atomic E-state index is 0.424. The van der Waals surface area contributed by atoms with E-state index in [9.17, 15) is 37.8 Å². The number of aromatic nitrogens is 3. The predicted octanol–water partition coefficient (Wildman–Crippen LogP) is -0.839. The lowest BCUT2D eigenvalue weighted by Gasteiger charge is -2.26. The summed E-state index contributed by atoms with van der Waals surface area (Å²) in [6.07, 6.45) is -6.35. The molecule has 1 saturated heterocycles. The monoisotopic (exact) mass is 572 g/mol. The number of halogens is 2. The summed E-state index contributed by atoms with van der Waals surface area (Å²) in [4.78, 5) is 52.9. The van der Waals surface area contributed by atoms with Crippen LogP contribution in [0.4, 0.5) is 10.3 Å². The molecule has 0 aliphatic carbocycles. The number of rotatable bonds is 8. The molecule has 17 nitrogen and oxygen atoms in total. The number of phosphoric acid groups is 3. The first-order chi connectivity index (χ1) is 15.4. The molecular weight excluding hydrogens is 556 g/mol. The van der Waals surface area contributed by atoms with Crippen LogP contribution in [0.25, 0.3) is 0 Å². The maximum absolute atomic E-state index is 12.7. The Labute approximate surface area is 194 Å². The fourth-order valence-electron chi connectivity index (χ4n) is 2.73. The van der Waals surface area contributed by atoms with Crippen molar-refractivity contribution in [3.05, 3.63) is 16.8 Å². The molecule has 34 heavy (non-hydrogen) atoms. The van der Waals surface area contributed by atoms with Gasteiger partial charge >= 0.3 is 29.2 Å². The number of nitrogens with two attached hydrogens (primary N) is 1. The van der Waals surface area contributed by atoms with E-state index < -0.39 is 71.2 Å². The topological polar surface area (TPSA) is 263 Å². The summed E-state index contributed by atoms with van der Waals surface area (Å²) in [5, 5.41) is 10.7. The molecule has 22 heteroatoms. The zero-order valence-electron chi connectivity index (χ0n) is 16.6. The molecule has 7 N–H and O–H groups in total. The minimum atomic E-state index is -5.82. The van der Waals surface area contributed by atoms with Crippen molar-refractivity contribution in [1.82, 2.24) is 14.5 Å². The Morgan fingerprint density at radius 3 is 2.47 bits per heavy atom. The van der Waals surface area contributed by atoms with Crippen molar-refractivity contribution in [3.63, 3.8) is 0 Å². The largest absolute Gasteiger partial charge is 0.490 e. The van der Waals surface area contributed by atoms with Crippen molar-refractivity contribution in [1.29, 1.82) is 0 Å². The highest BCUT2D eigenvalue weighted by Crippen LogP contribution is 2.66. The summed E-state index contributed by atoms with van der Waals surface area (Å²) in [7, 11) is -17.1. The number of hydrogen-bond acceptors (Lipinski definition) is 12. The quantitative estimate of drug-likeness (QED) is 0.126. The summed E-state index contributed by atoms with van der Waals surface area (Å²) < 4.78 is 64.8. The normalized spacial score (nSPS) is 29.5. The summed E-state index contributed by atoms with van der Waals surface area (Å²) >= 11 is 6.33. The Morgan fingerprint density at radius 2 is 1.94 bits per heavy atom. The number of aliphatic hydroxyl groups is 1. The van der Waals surface area contributed by atoms with E-state index in [1.165, 1.54) is 0 Å². The molecule has 1 aliphatic rings. The minimum Gasteiger partial charge on any atom is -0.387 e. The fourth-order valence-corrected chi connectivity index (χ4v) is 6.28. The van der Waals surface area contributed by atoms with Crippen LogP contribution in [0, 0.1) is 11.8 Å². The summed E-state index contributed by atoms with van der Waals surface area (Å²) in [5.41, 5.74) is 4.23. The molecule has 0 saturated carbocycles. The van der Waals surface area contributed by atoms with Crippen LogP contribution in [-0.4, -0.2) is 69.1 Å². The van der Waals surface area contributed by atoms with Gasteiger partial charge in [0.05, 0.1) is 6.10 Å². The van der Waals surface area contributed by atoms with Crippen molar-refractivity contribution in [3.8, 4) is 11.8 Å². The zero-order chi connectivity index (χ0) is 26.1. The smallest absolute Gasteiger partial charge is 0.387 e. The lowest BCUT2D eigenvalue weighted by molar-refractivity contribution is -0.0751. The van der Waals surface area contributed by atoms with E-state index in [4.69, 9.17) is 31.9 Å². The molecule has 7 atom stereocenters. The molecule has 2 heterocycles. The van der Waals surface area contributed by atoms with E-state index in [1.54, 1.807) is 0 Å². The summed E-state index contributed by atoms with van der Waals surface area (Å²) in [5.74, 6) is 3.70. The van der Waals surface area contributed by atoms with Crippen LogP contribution in [0.1, 0.15) is 13.2 Å². The molecule has 0 radical (unpaired) electrons. The molecular formula is C12H17ClFN4O13P3. The van der Waals surface area contributed by atoms with Crippen LogP contribution in [0.3, 0.4) is 0 Å². The van der Waals surface area contributed by atoms with E-state index >= 15 is 0 Å². The van der Waals surface area contributed by atoms with E-state index in [0.717, 1.165) is 13.3 Å². The van der Waals surface area contributed by atoms with Crippen molar-refractivity contribution in [2.75, 3.05) is 12.4 Å². The lowest BCUT2D eigenvalue weighted by atomic mass is 9.97. The number of nitrogens with zero attached hydrogens (tertiary/aromatic N) is 3. The van der Waals surface area contributed by atoms with Crippen LogP contribution >= 0.6 is 35.1 Å². The third-order valence-electron chi connectivity index (χ3n) is 3.91. The number of phosphoric ester groups is 1. The second kappa shape index (κ2) is 10.4. The first kappa shape index (κ1) is 29.0. The average molecular weight is 573 g/mol. The molecule has 192 valence electrons. The van der Waals surface area contributed by atoms with Crippen LogP contribution in [0.2, 0.25) is 0 Å². The van der Waals surface area contributed by atoms with Gasteiger partial charge in [-0.2, -0.15) is 13.6 Å². The summed E-state index contributed by atoms with van der Waals surface area (Å²) in [6, 6.07) is 0. The Hall–Kier alpha value is -1.28. The predicted molar refractivity (Wildman–Crippen MR) is 107 cm³/mol. The first-order valence-electron chi connectivity index (χ1n) is 8.52. The third kappa shape index (κ3) is 7.12. The van der Waals surface area contributed by atoms with Crippen LogP contribution in [0.15, 0.2) is 11.1 Å². The number of nitrogen functional groups attached to an aromatic ring is 1. The van der Waals surface area contributed by atoms with Gasteiger partial charge in [0.1, 0.15) is 25.2 Å². The van der Waals surface area contributed by atoms with Gasteiger partial charge in [0.25, 0.3) is 0 Å². The Bertz CT molecular complexity index is 1190. The van der Waals surface area contributed by atoms with Crippen molar-refractivity contribution >= 4 is 41.0 Å². The second-order valence-corrected chi connectivity index (χ2v) is 11.4. The molecule has 1 aromatic rings. The van der Waals surface area contributed by atoms with Gasteiger partial charge in [-0.05, 0) is 6.92 Å². The standard InChI is InChI=1S/C12H17ClFN4O13P3/c1-6(29-33(24,25)31-34(26,27)30-32(21,22)23)7-8(19)12(13,3-2-4-14)9(28-7)18-5-16-10(15)17-11(18)20/h5-9,19H,4H2,1H3,(H,24,25)(H,26,27)(H2,15,17,20)(H2,21,22,23)/t6-,7+,8?,9+,12+/m0/s1. The molecule has 0 spiro atoms. The number of ether oxygens (including phenoxy) is 1. The van der Waals surface area contributed by atoms with Crippen molar-refractivity contribution in [2.45, 2.75) is 36.3 Å². The second-order valence-electron chi connectivity index (χ2n) is 6.41. The highest BCUT2D eigenvalue weighted by Gasteiger charge is 2.58. The van der Waals surface area contributed by atoms with Gasteiger partial charge in [0.2, 0.25) is 5.95 Å². The SMILES string of the molecule is C[C@H](OP(=O)(O)OP(=O)(O)OP(=O)(O)O)[C@H]1O[C@@H](n2cnc(N)nc2=O)[C@@](Cl)(C#CCF)C1O. The molecule has 0 amide bonds. The molecule has 1 aliphatic heterocycles. The zero-order valence-corrected chi connectivity index (χ0v) is 20.1. The number of anilines is 1. The van der Waals surface area contributed by atoms with E-state index in [1.807, 2.05) is 5.92 Å². The maximum atomic E-state index is 12.7. The van der Waals surface area contributed by atoms with Gasteiger partial charge in [-0.15, -0.1) is 0 Å². The molecule has 1 fully saturated rings. The van der Waals surface area contributed by atoms with Gasteiger partial charge in [-0.3, -0.25) is 9.09 Å². The molecule has 1 aromatic heterocycles. The number of alkyl halides is 2. The lowest BCUT2D eigenvalue weighted by Crippen LogP contribution is -2.45. The highest BCUT2D eigenvalue weighted by molar-refractivity contribution is 7.66. The maximum Gasteiger partial charge on any atom is 0.490 e. The van der Waals surface area contributed by atoms with Gasteiger partial charge in [0.15, 0.2) is 11.1 Å². The fraction of sp³-hybridized carbons (Fsp3) is 0.583. The van der Waals surface area contributed by atoms with Crippen LogP contribution in [0.5, 0.6) is 0 Å². The molecule has 0 aromatic carbocycles. The van der Waals surface area contributed by atoms with Gasteiger partial charge in [-0.1, -0.05) is 23.4 Å². The van der Waals surface area contributed by atoms with E-state index in [-0.39, 0.29) is 0 Å². The molecule has 0 bridgehead atoms. The van der Waals surface area contributed by atoms with Crippen LogP contribution < -0.4 is 11.4 Å². The van der Waals surface area contributed by atoms with Crippen LogP contribution in [-0.2, 0) is 31.6 Å². The molecule has 2 rings (SSSR count). The first-order valence-corrected chi connectivity index (χ1v) is 13.4. The highest BCUT2D eigenvalue weighted by atomic mass is 35.5. The average Bonchev–Trinajstić information content (AvgIpc) is 2.88. The van der Waals surface area contributed by atoms with Crippen molar-refractivity contribution < 1.29 is 60.6 Å².